The number of hydrogen-bond acceptors (Lipinski definition) is 5. The summed E-state index contributed by atoms with van der Waals surface area (Å²) in [5, 5.41) is 0. The molecule has 5 heteroatoms. The quantitative estimate of drug-likeness (QED) is 0.708. The second-order valence-electron chi connectivity index (χ2n) is 4.97. The first kappa shape index (κ1) is 14.4. The minimum Gasteiger partial charge on any atom is -0.465 e. The van der Waals surface area contributed by atoms with Gasteiger partial charge in [0.25, 0.3) is 0 Å². The van der Waals surface area contributed by atoms with E-state index in [1.54, 1.807) is 6.92 Å². The lowest BCUT2D eigenvalue weighted by molar-refractivity contribution is -0.145. The number of hydrogen-bond donors (Lipinski definition) is 1. The summed E-state index contributed by atoms with van der Waals surface area (Å²) in [5.41, 5.74) is 5.76. The lowest BCUT2D eigenvalue weighted by Gasteiger charge is -2.41. The predicted molar refractivity (Wildman–Crippen MR) is 65.7 cm³/mol. The topological polar surface area (TPSA) is 64.8 Å². The van der Waals surface area contributed by atoms with Crippen LogP contribution < -0.4 is 5.73 Å². The van der Waals surface area contributed by atoms with Crippen molar-refractivity contribution in [1.29, 1.82) is 0 Å². The number of esters is 1. The summed E-state index contributed by atoms with van der Waals surface area (Å²) < 4.78 is 10.3. The van der Waals surface area contributed by atoms with Crippen LogP contribution in [0.1, 0.15) is 27.2 Å². The van der Waals surface area contributed by atoms with Crippen LogP contribution >= 0.6 is 0 Å². The number of rotatable bonds is 5. The van der Waals surface area contributed by atoms with Crippen LogP contribution in [0.5, 0.6) is 0 Å². The van der Waals surface area contributed by atoms with Gasteiger partial charge >= 0.3 is 5.97 Å². The molecule has 0 aromatic carbocycles. The molecule has 1 fully saturated rings. The maximum atomic E-state index is 11.5. The lowest BCUT2D eigenvalue weighted by Crippen LogP contribution is -2.53. The minimum absolute atomic E-state index is 0.101. The molecule has 5 nitrogen and oxygen atoms in total. The highest BCUT2D eigenvalue weighted by Gasteiger charge is 2.32. The Kier molecular flexibility index (Phi) is 5.36. The fourth-order valence-electron chi connectivity index (χ4n) is 2.17. The molecule has 2 N–H and O–H groups in total. The molecule has 0 saturated carbocycles. The Morgan fingerprint density at radius 2 is 2.06 bits per heavy atom. The van der Waals surface area contributed by atoms with E-state index in [1.165, 1.54) is 0 Å². The van der Waals surface area contributed by atoms with E-state index in [2.05, 4.69) is 18.7 Å². The highest BCUT2D eigenvalue weighted by molar-refractivity contribution is 5.75. The average Bonchev–Trinajstić information content (AvgIpc) is 2.30. The maximum absolute atomic E-state index is 11.5. The molecular weight excluding hydrogens is 220 g/mol. The van der Waals surface area contributed by atoms with Gasteiger partial charge in [-0.2, -0.15) is 0 Å². The van der Waals surface area contributed by atoms with Gasteiger partial charge in [-0.3, -0.25) is 9.69 Å². The van der Waals surface area contributed by atoms with Crippen molar-refractivity contribution in [2.75, 3.05) is 32.9 Å². The van der Waals surface area contributed by atoms with Crippen LogP contribution in [0.3, 0.4) is 0 Å². The molecular formula is C12H24N2O3. The maximum Gasteiger partial charge on any atom is 0.322 e. The zero-order chi connectivity index (χ0) is 12.9. The lowest BCUT2D eigenvalue weighted by atomic mass is 9.93. The van der Waals surface area contributed by atoms with E-state index >= 15 is 0 Å². The van der Waals surface area contributed by atoms with E-state index in [-0.39, 0.29) is 11.5 Å². The fourth-order valence-corrected chi connectivity index (χ4v) is 2.17. The normalized spacial score (nSPS) is 20.0. The molecule has 1 saturated heterocycles. The fraction of sp³-hybridized carbons (Fsp3) is 0.917. The number of ether oxygens (including phenoxy) is 2. The average molecular weight is 244 g/mol. The summed E-state index contributed by atoms with van der Waals surface area (Å²) in [6, 6.07) is -0.548. The molecule has 1 unspecified atom stereocenters. The van der Waals surface area contributed by atoms with Crippen LogP contribution in [-0.4, -0.2) is 55.4 Å². The second kappa shape index (κ2) is 6.33. The molecule has 100 valence electrons. The smallest absolute Gasteiger partial charge is 0.322 e. The molecule has 1 atom stereocenters. The number of morpholine rings is 1. The number of nitrogens with zero attached hydrogens (tertiary/aromatic N) is 1. The standard InChI is InChI=1S/C12H24N2O3/c1-4-17-11(15)10(13)9-12(2,3)14-5-7-16-8-6-14/h10H,4-9,13H2,1-3H3. The summed E-state index contributed by atoms with van der Waals surface area (Å²) in [4.78, 5) is 13.8. The summed E-state index contributed by atoms with van der Waals surface area (Å²) in [6.07, 6.45) is 0.603. The van der Waals surface area contributed by atoms with E-state index in [9.17, 15) is 4.79 Å². The van der Waals surface area contributed by atoms with Crippen LogP contribution in [0.25, 0.3) is 0 Å². The van der Waals surface area contributed by atoms with Crippen molar-refractivity contribution in [3.8, 4) is 0 Å². The first-order valence-corrected chi connectivity index (χ1v) is 6.22. The summed E-state index contributed by atoms with van der Waals surface area (Å²) in [7, 11) is 0. The third-order valence-corrected chi connectivity index (χ3v) is 3.18. The van der Waals surface area contributed by atoms with Crippen molar-refractivity contribution in [1.82, 2.24) is 4.90 Å². The number of carbonyl (C=O) groups excluding carboxylic acids is 1. The van der Waals surface area contributed by atoms with Gasteiger partial charge in [0.05, 0.1) is 19.8 Å². The largest absolute Gasteiger partial charge is 0.465 e. The van der Waals surface area contributed by atoms with Crippen molar-refractivity contribution in [3.05, 3.63) is 0 Å². The van der Waals surface area contributed by atoms with Crippen molar-refractivity contribution < 1.29 is 14.3 Å². The first-order valence-electron chi connectivity index (χ1n) is 6.22. The molecule has 1 aliphatic rings. The van der Waals surface area contributed by atoms with Gasteiger partial charge < -0.3 is 15.2 Å². The molecule has 1 aliphatic heterocycles. The third-order valence-electron chi connectivity index (χ3n) is 3.18. The summed E-state index contributed by atoms with van der Waals surface area (Å²) >= 11 is 0. The van der Waals surface area contributed by atoms with Gasteiger partial charge in [0.1, 0.15) is 6.04 Å². The van der Waals surface area contributed by atoms with E-state index in [1.807, 2.05) is 0 Å². The first-order chi connectivity index (χ1) is 7.97. The molecule has 0 radical (unpaired) electrons. The van der Waals surface area contributed by atoms with Crippen LogP contribution in [0, 0.1) is 0 Å². The zero-order valence-corrected chi connectivity index (χ0v) is 11.1. The van der Waals surface area contributed by atoms with E-state index in [4.69, 9.17) is 15.2 Å². The molecule has 17 heavy (non-hydrogen) atoms. The minimum atomic E-state index is -0.548. The van der Waals surface area contributed by atoms with Crippen LogP contribution in [0.4, 0.5) is 0 Å². The molecule has 0 spiro atoms. The molecule has 1 heterocycles. The van der Waals surface area contributed by atoms with Gasteiger partial charge in [-0.1, -0.05) is 0 Å². The monoisotopic (exact) mass is 244 g/mol. The van der Waals surface area contributed by atoms with Crippen LogP contribution in [0.2, 0.25) is 0 Å². The molecule has 0 aromatic heterocycles. The summed E-state index contributed by atoms with van der Waals surface area (Å²) in [6.45, 7) is 9.66. The van der Waals surface area contributed by atoms with Gasteiger partial charge in [-0.25, -0.2) is 0 Å². The number of nitrogens with two attached hydrogens (primary N) is 1. The van der Waals surface area contributed by atoms with Gasteiger partial charge in [-0.15, -0.1) is 0 Å². The Morgan fingerprint density at radius 1 is 1.47 bits per heavy atom. The Labute approximate surface area is 103 Å². The van der Waals surface area contributed by atoms with Crippen molar-refractivity contribution in [2.45, 2.75) is 38.8 Å². The van der Waals surface area contributed by atoms with Crippen molar-refractivity contribution in [2.24, 2.45) is 5.73 Å². The Bertz CT molecular complexity index is 250. The zero-order valence-electron chi connectivity index (χ0n) is 11.1. The molecule has 0 aromatic rings. The van der Waals surface area contributed by atoms with Gasteiger partial charge in [0.2, 0.25) is 0 Å². The van der Waals surface area contributed by atoms with Gasteiger partial charge in [0.15, 0.2) is 0 Å². The van der Waals surface area contributed by atoms with Crippen LogP contribution in [0.15, 0.2) is 0 Å². The number of carbonyl (C=O) groups is 1. The third kappa shape index (κ3) is 4.26. The summed E-state index contributed by atoms with van der Waals surface area (Å²) in [5.74, 6) is -0.311. The Balaban J connectivity index is 2.49. The van der Waals surface area contributed by atoms with E-state index in [0.29, 0.717) is 13.0 Å². The Morgan fingerprint density at radius 3 is 2.59 bits per heavy atom. The Hall–Kier alpha value is -0.650. The van der Waals surface area contributed by atoms with Crippen molar-refractivity contribution >= 4 is 5.97 Å². The van der Waals surface area contributed by atoms with E-state index < -0.39 is 6.04 Å². The van der Waals surface area contributed by atoms with Crippen LogP contribution in [-0.2, 0) is 14.3 Å². The van der Waals surface area contributed by atoms with Crippen molar-refractivity contribution in [3.63, 3.8) is 0 Å². The highest BCUT2D eigenvalue weighted by atomic mass is 16.5. The SMILES string of the molecule is CCOC(=O)C(N)CC(C)(C)N1CCOCC1. The van der Waals surface area contributed by atoms with Gasteiger partial charge in [0, 0.05) is 18.6 Å². The molecule has 0 aliphatic carbocycles. The highest BCUT2D eigenvalue weighted by Crippen LogP contribution is 2.21. The second-order valence-corrected chi connectivity index (χ2v) is 4.97. The molecule has 0 bridgehead atoms. The molecule has 0 amide bonds. The van der Waals surface area contributed by atoms with E-state index in [0.717, 1.165) is 26.3 Å². The molecule has 1 rings (SSSR count). The predicted octanol–water partition coefficient (Wildman–Crippen LogP) is 0.378. The van der Waals surface area contributed by atoms with Gasteiger partial charge in [-0.05, 0) is 27.2 Å².